The van der Waals surface area contributed by atoms with E-state index < -0.39 is 0 Å². The number of aromatic nitrogens is 2. The zero-order chi connectivity index (χ0) is 12.0. The Balaban J connectivity index is 2.31. The van der Waals surface area contributed by atoms with Crippen LogP contribution >= 0.6 is 0 Å². The van der Waals surface area contributed by atoms with Gasteiger partial charge in [-0.15, -0.1) is 0 Å². The first kappa shape index (κ1) is 13.1. The van der Waals surface area contributed by atoms with E-state index in [1.807, 2.05) is 13.1 Å². The van der Waals surface area contributed by atoms with E-state index in [1.54, 1.807) is 6.20 Å². The van der Waals surface area contributed by atoms with E-state index in [0.717, 1.165) is 31.0 Å². The van der Waals surface area contributed by atoms with Crippen LogP contribution in [0.1, 0.15) is 25.2 Å². The van der Waals surface area contributed by atoms with Crippen molar-refractivity contribution in [3.05, 3.63) is 23.8 Å². The number of hydrogen-bond acceptors (Lipinski definition) is 4. The second-order valence-corrected chi connectivity index (χ2v) is 4.29. The molecule has 4 heteroatoms. The van der Waals surface area contributed by atoms with Gasteiger partial charge in [-0.25, -0.2) is 0 Å². The second-order valence-electron chi connectivity index (χ2n) is 4.29. The van der Waals surface area contributed by atoms with Gasteiger partial charge in [0.15, 0.2) is 0 Å². The molecule has 1 N–H and O–H groups in total. The standard InChI is InChI=1S/C12H22N4/c1-5-16(4)9-11(3)14-8-12-7-13-10(2)6-15-12/h6-7,11,14H,5,8-9H2,1-4H3. The van der Waals surface area contributed by atoms with Crippen LogP contribution in [0.5, 0.6) is 0 Å². The van der Waals surface area contributed by atoms with Crippen molar-refractivity contribution < 1.29 is 0 Å². The normalized spacial score (nSPS) is 13.1. The predicted octanol–water partition coefficient (Wildman–Crippen LogP) is 1.21. The van der Waals surface area contributed by atoms with E-state index in [2.05, 4.69) is 41.1 Å². The molecule has 90 valence electrons. The quantitative estimate of drug-likeness (QED) is 0.785. The minimum atomic E-state index is 0.466. The van der Waals surface area contributed by atoms with Crippen molar-refractivity contribution in [2.24, 2.45) is 0 Å². The molecular formula is C12H22N4. The summed E-state index contributed by atoms with van der Waals surface area (Å²) in [6.07, 6.45) is 3.64. The maximum Gasteiger partial charge on any atom is 0.0724 e. The van der Waals surface area contributed by atoms with Crippen LogP contribution < -0.4 is 5.32 Å². The SMILES string of the molecule is CCN(C)CC(C)NCc1cnc(C)cn1. The molecule has 0 amide bonds. The van der Waals surface area contributed by atoms with Gasteiger partial charge in [-0.05, 0) is 27.4 Å². The Morgan fingerprint density at radius 2 is 2.12 bits per heavy atom. The zero-order valence-corrected chi connectivity index (χ0v) is 10.7. The summed E-state index contributed by atoms with van der Waals surface area (Å²) < 4.78 is 0. The Hall–Kier alpha value is -1.00. The summed E-state index contributed by atoms with van der Waals surface area (Å²) in [5.74, 6) is 0. The van der Waals surface area contributed by atoms with Gasteiger partial charge in [-0.1, -0.05) is 6.92 Å². The molecule has 16 heavy (non-hydrogen) atoms. The highest BCUT2D eigenvalue weighted by Gasteiger charge is 2.04. The highest BCUT2D eigenvalue weighted by molar-refractivity contribution is 5.00. The third kappa shape index (κ3) is 4.68. The van der Waals surface area contributed by atoms with Crippen molar-refractivity contribution in [2.75, 3.05) is 20.1 Å². The van der Waals surface area contributed by atoms with Gasteiger partial charge in [0.25, 0.3) is 0 Å². The first-order chi connectivity index (χ1) is 7.61. The summed E-state index contributed by atoms with van der Waals surface area (Å²) in [5.41, 5.74) is 1.96. The van der Waals surface area contributed by atoms with Gasteiger partial charge >= 0.3 is 0 Å². The molecule has 1 aromatic rings. The summed E-state index contributed by atoms with van der Waals surface area (Å²) in [7, 11) is 2.13. The molecule has 1 heterocycles. The maximum atomic E-state index is 4.31. The van der Waals surface area contributed by atoms with Crippen molar-refractivity contribution in [3.63, 3.8) is 0 Å². The molecular weight excluding hydrogens is 200 g/mol. The molecule has 0 saturated heterocycles. The third-order valence-electron chi connectivity index (χ3n) is 2.59. The molecule has 0 bridgehead atoms. The molecule has 0 saturated carbocycles. The Labute approximate surface area is 98.1 Å². The van der Waals surface area contributed by atoms with E-state index in [0.29, 0.717) is 6.04 Å². The van der Waals surface area contributed by atoms with Crippen LogP contribution in [0.2, 0.25) is 0 Å². The van der Waals surface area contributed by atoms with Crippen LogP contribution in [-0.4, -0.2) is 41.0 Å². The number of nitrogens with one attached hydrogen (secondary N) is 1. The average molecular weight is 222 g/mol. The third-order valence-corrected chi connectivity index (χ3v) is 2.59. The Morgan fingerprint density at radius 1 is 1.38 bits per heavy atom. The largest absolute Gasteiger partial charge is 0.307 e. The molecule has 0 aliphatic rings. The Morgan fingerprint density at radius 3 is 2.69 bits per heavy atom. The van der Waals surface area contributed by atoms with E-state index in [1.165, 1.54) is 0 Å². The lowest BCUT2D eigenvalue weighted by Crippen LogP contribution is -2.37. The van der Waals surface area contributed by atoms with Gasteiger partial charge in [0.2, 0.25) is 0 Å². The predicted molar refractivity (Wildman–Crippen MR) is 66.2 cm³/mol. The molecule has 1 rings (SSSR count). The number of hydrogen-bond donors (Lipinski definition) is 1. The fourth-order valence-corrected chi connectivity index (χ4v) is 1.45. The minimum Gasteiger partial charge on any atom is -0.307 e. The molecule has 0 fully saturated rings. The topological polar surface area (TPSA) is 41.0 Å². The molecule has 0 aromatic carbocycles. The van der Waals surface area contributed by atoms with Crippen molar-refractivity contribution in [1.29, 1.82) is 0 Å². The second kappa shape index (κ2) is 6.55. The first-order valence-corrected chi connectivity index (χ1v) is 5.81. The fraction of sp³-hybridized carbons (Fsp3) is 0.667. The lowest BCUT2D eigenvalue weighted by molar-refractivity contribution is 0.309. The number of nitrogens with zero attached hydrogens (tertiary/aromatic N) is 3. The molecule has 4 nitrogen and oxygen atoms in total. The smallest absolute Gasteiger partial charge is 0.0724 e. The van der Waals surface area contributed by atoms with E-state index in [4.69, 9.17) is 0 Å². The zero-order valence-electron chi connectivity index (χ0n) is 10.7. The molecule has 0 aliphatic heterocycles. The highest BCUT2D eigenvalue weighted by Crippen LogP contribution is 1.95. The van der Waals surface area contributed by atoms with Crippen LogP contribution in [0, 0.1) is 6.92 Å². The fourth-order valence-electron chi connectivity index (χ4n) is 1.45. The van der Waals surface area contributed by atoms with Crippen LogP contribution in [0.4, 0.5) is 0 Å². The summed E-state index contributed by atoms with van der Waals surface area (Å²) in [5, 5.41) is 3.44. The summed E-state index contributed by atoms with van der Waals surface area (Å²) in [6, 6.07) is 0.466. The molecule has 1 aromatic heterocycles. The number of rotatable bonds is 6. The lowest BCUT2D eigenvalue weighted by Gasteiger charge is -2.20. The molecule has 1 unspecified atom stereocenters. The highest BCUT2D eigenvalue weighted by atomic mass is 15.1. The summed E-state index contributed by atoms with van der Waals surface area (Å²) in [4.78, 5) is 10.8. The van der Waals surface area contributed by atoms with Crippen molar-refractivity contribution >= 4 is 0 Å². The minimum absolute atomic E-state index is 0.466. The van der Waals surface area contributed by atoms with Crippen LogP contribution in [0.3, 0.4) is 0 Å². The average Bonchev–Trinajstić information content (AvgIpc) is 2.28. The van der Waals surface area contributed by atoms with Crippen molar-refractivity contribution in [3.8, 4) is 0 Å². The van der Waals surface area contributed by atoms with Gasteiger partial charge in [-0.2, -0.15) is 0 Å². The van der Waals surface area contributed by atoms with Crippen LogP contribution in [0.25, 0.3) is 0 Å². The van der Waals surface area contributed by atoms with Crippen LogP contribution in [0.15, 0.2) is 12.4 Å². The van der Waals surface area contributed by atoms with Gasteiger partial charge < -0.3 is 10.2 Å². The summed E-state index contributed by atoms with van der Waals surface area (Å²) in [6.45, 7) is 9.22. The lowest BCUT2D eigenvalue weighted by atomic mass is 10.3. The van der Waals surface area contributed by atoms with E-state index in [-0.39, 0.29) is 0 Å². The first-order valence-electron chi connectivity index (χ1n) is 5.81. The van der Waals surface area contributed by atoms with Gasteiger partial charge in [0.1, 0.15) is 0 Å². The van der Waals surface area contributed by atoms with Gasteiger partial charge in [-0.3, -0.25) is 9.97 Å². The Kier molecular flexibility index (Phi) is 5.35. The monoisotopic (exact) mass is 222 g/mol. The molecule has 1 atom stereocenters. The molecule has 0 aliphatic carbocycles. The van der Waals surface area contributed by atoms with Crippen molar-refractivity contribution in [2.45, 2.75) is 33.4 Å². The Bertz CT molecular complexity index is 296. The maximum absolute atomic E-state index is 4.31. The van der Waals surface area contributed by atoms with Crippen LogP contribution in [-0.2, 0) is 6.54 Å². The van der Waals surface area contributed by atoms with E-state index in [9.17, 15) is 0 Å². The molecule has 0 radical (unpaired) electrons. The van der Waals surface area contributed by atoms with Gasteiger partial charge in [0.05, 0.1) is 11.4 Å². The van der Waals surface area contributed by atoms with E-state index >= 15 is 0 Å². The number of likely N-dealkylation sites (N-methyl/N-ethyl adjacent to an activating group) is 1. The molecule has 0 spiro atoms. The van der Waals surface area contributed by atoms with Crippen molar-refractivity contribution in [1.82, 2.24) is 20.2 Å². The van der Waals surface area contributed by atoms with Gasteiger partial charge in [0, 0.05) is 31.5 Å². The summed E-state index contributed by atoms with van der Waals surface area (Å²) >= 11 is 0. The number of aryl methyl sites for hydroxylation is 1.